The van der Waals surface area contributed by atoms with Crippen LogP contribution in [0.3, 0.4) is 0 Å². The van der Waals surface area contributed by atoms with Crippen LogP contribution in [0.5, 0.6) is 5.75 Å². The molecule has 0 atom stereocenters. The highest BCUT2D eigenvalue weighted by Crippen LogP contribution is 2.27. The van der Waals surface area contributed by atoms with Crippen LogP contribution in [-0.2, 0) is 0 Å². The van der Waals surface area contributed by atoms with Crippen LogP contribution in [0.2, 0.25) is 5.02 Å². The Morgan fingerprint density at radius 3 is 2.82 bits per heavy atom. The molecule has 0 radical (unpaired) electrons. The van der Waals surface area contributed by atoms with Gasteiger partial charge in [-0.2, -0.15) is 0 Å². The van der Waals surface area contributed by atoms with E-state index < -0.39 is 0 Å². The lowest BCUT2D eigenvalue weighted by Gasteiger charge is -2.13. The van der Waals surface area contributed by atoms with Crippen LogP contribution < -0.4 is 10.1 Å². The molecule has 0 aliphatic heterocycles. The Bertz CT molecular complexity index is 366. The summed E-state index contributed by atoms with van der Waals surface area (Å²) in [6.45, 7) is 1.59. The van der Waals surface area contributed by atoms with E-state index in [0.717, 1.165) is 16.8 Å². The summed E-state index contributed by atoms with van der Waals surface area (Å²) in [7, 11) is 0. The molecule has 0 spiro atoms. The van der Waals surface area contributed by atoms with Crippen LogP contribution >= 0.6 is 27.5 Å². The van der Waals surface area contributed by atoms with Crippen LogP contribution in [0.1, 0.15) is 25.7 Å². The molecule has 2 nitrogen and oxygen atoms in total. The molecule has 1 N–H and O–H groups in total. The number of benzene rings is 1. The van der Waals surface area contributed by atoms with Crippen LogP contribution in [0, 0.1) is 0 Å². The van der Waals surface area contributed by atoms with Gasteiger partial charge in [-0.15, -0.1) is 0 Å². The molecule has 0 bridgehead atoms. The van der Waals surface area contributed by atoms with Crippen molar-refractivity contribution in [2.45, 2.75) is 31.7 Å². The normalized spacial score (nSPS) is 16.4. The summed E-state index contributed by atoms with van der Waals surface area (Å²) >= 11 is 9.30. The second-order valence-corrected chi connectivity index (χ2v) is 5.65. The molecule has 1 fully saturated rings. The zero-order valence-electron chi connectivity index (χ0n) is 9.72. The van der Waals surface area contributed by atoms with Gasteiger partial charge in [0.15, 0.2) is 0 Å². The summed E-state index contributed by atoms with van der Waals surface area (Å²) in [5, 5.41) is 4.23. The number of rotatable bonds is 5. The largest absolute Gasteiger partial charge is 0.491 e. The highest BCUT2D eigenvalue weighted by atomic mass is 79.9. The van der Waals surface area contributed by atoms with Crippen LogP contribution in [0.15, 0.2) is 22.7 Å². The Morgan fingerprint density at radius 2 is 2.12 bits per heavy atom. The first-order valence-electron chi connectivity index (χ1n) is 6.07. The average molecular weight is 319 g/mol. The van der Waals surface area contributed by atoms with Gasteiger partial charge in [0.25, 0.3) is 0 Å². The Labute approximate surface area is 116 Å². The second kappa shape index (κ2) is 6.62. The molecule has 0 unspecified atom stereocenters. The quantitative estimate of drug-likeness (QED) is 0.828. The molecular weight excluding hydrogens is 302 g/mol. The van der Waals surface area contributed by atoms with Crippen molar-refractivity contribution in [1.29, 1.82) is 0 Å². The van der Waals surface area contributed by atoms with E-state index in [4.69, 9.17) is 16.3 Å². The fraction of sp³-hybridized carbons (Fsp3) is 0.538. The monoisotopic (exact) mass is 317 g/mol. The first kappa shape index (κ1) is 13.2. The van der Waals surface area contributed by atoms with E-state index in [1.165, 1.54) is 25.7 Å². The first-order valence-corrected chi connectivity index (χ1v) is 7.24. The Hall–Kier alpha value is -0.250. The van der Waals surface area contributed by atoms with Gasteiger partial charge in [0.1, 0.15) is 12.4 Å². The highest BCUT2D eigenvalue weighted by Gasteiger charge is 2.13. The predicted octanol–water partition coefficient (Wildman–Crippen LogP) is 4.01. The summed E-state index contributed by atoms with van der Waals surface area (Å²) in [4.78, 5) is 0. The Morgan fingerprint density at radius 1 is 1.35 bits per heavy atom. The Balaban J connectivity index is 1.70. The zero-order chi connectivity index (χ0) is 12.1. The minimum atomic E-state index is 0.691. The van der Waals surface area contributed by atoms with Gasteiger partial charge in [0.2, 0.25) is 0 Å². The molecular formula is C13H17BrClNO. The molecule has 0 aromatic heterocycles. The third-order valence-corrected chi connectivity index (χ3v) is 3.90. The second-order valence-electron chi connectivity index (χ2n) is 4.36. The average Bonchev–Trinajstić information content (AvgIpc) is 2.79. The fourth-order valence-corrected chi connectivity index (χ4v) is 2.94. The van der Waals surface area contributed by atoms with Gasteiger partial charge in [-0.05, 0) is 47.0 Å². The molecule has 94 valence electrons. The van der Waals surface area contributed by atoms with Crippen molar-refractivity contribution in [2.24, 2.45) is 0 Å². The first-order chi connectivity index (χ1) is 8.25. The molecule has 1 aliphatic rings. The minimum absolute atomic E-state index is 0.691. The van der Waals surface area contributed by atoms with E-state index in [9.17, 15) is 0 Å². The van der Waals surface area contributed by atoms with E-state index in [1.807, 2.05) is 18.2 Å². The van der Waals surface area contributed by atoms with Crippen molar-refractivity contribution in [3.63, 3.8) is 0 Å². The van der Waals surface area contributed by atoms with Crippen molar-refractivity contribution in [2.75, 3.05) is 13.2 Å². The summed E-state index contributed by atoms with van der Waals surface area (Å²) in [6.07, 6.45) is 5.35. The molecule has 1 aliphatic carbocycles. The highest BCUT2D eigenvalue weighted by molar-refractivity contribution is 9.10. The zero-order valence-corrected chi connectivity index (χ0v) is 12.1. The van der Waals surface area contributed by atoms with E-state index in [0.29, 0.717) is 17.7 Å². The molecule has 0 amide bonds. The number of ether oxygens (including phenoxy) is 1. The van der Waals surface area contributed by atoms with Gasteiger partial charge in [-0.1, -0.05) is 24.4 Å². The fourth-order valence-electron chi connectivity index (χ4n) is 2.15. The van der Waals surface area contributed by atoms with E-state index >= 15 is 0 Å². The smallest absolute Gasteiger partial charge is 0.133 e. The van der Waals surface area contributed by atoms with Gasteiger partial charge in [0, 0.05) is 17.6 Å². The van der Waals surface area contributed by atoms with Gasteiger partial charge in [0.05, 0.1) is 4.47 Å². The van der Waals surface area contributed by atoms with E-state index in [-0.39, 0.29) is 0 Å². The summed E-state index contributed by atoms with van der Waals surface area (Å²) in [5.41, 5.74) is 0. The standard InChI is InChI=1S/C13H17BrClNO/c14-12-9-10(15)5-6-13(12)17-8-7-16-11-3-1-2-4-11/h5-6,9,11,16H,1-4,7-8H2. The van der Waals surface area contributed by atoms with Gasteiger partial charge in [-0.25, -0.2) is 0 Å². The van der Waals surface area contributed by atoms with E-state index in [1.54, 1.807) is 0 Å². The third-order valence-electron chi connectivity index (χ3n) is 3.04. The molecule has 1 aromatic rings. The molecule has 0 heterocycles. The summed E-state index contributed by atoms with van der Waals surface area (Å²) in [5.74, 6) is 0.850. The molecule has 1 saturated carbocycles. The Kier molecular flexibility index (Phi) is 5.14. The molecule has 4 heteroatoms. The van der Waals surface area contributed by atoms with E-state index in [2.05, 4.69) is 21.2 Å². The predicted molar refractivity (Wildman–Crippen MR) is 74.9 cm³/mol. The van der Waals surface area contributed by atoms with Crippen molar-refractivity contribution >= 4 is 27.5 Å². The number of nitrogens with one attached hydrogen (secondary N) is 1. The van der Waals surface area contributed by atoms with Gasteiger partial charge in [-0.3, -0.25) is 0 Å². The third kappa shape index (κ3) is 4.16. The van der Waals surface area contributed by atoms with Crippen LogP contribution in [0.25, 0.3) is 0 Å². The van der Waals surface area contributed by atoms with Crippen molar-refractivity contribution < 1.29 is 4.74 Å². The molecule has 0 saturated heterocycles. The van der Waals surface area contributed by atoms with Crippen molar-refractivity contribution in [3.05, 3.63) is 27.7 Å². The maximum absolute atomic E-state index is 5.87. The molecule has 1 aromatic carbocycles. The topological polar surface area (TPSA) is 21.3 Å². The minimum Gasteiger partial charge on any atom is -0.491 e. The molecule has 17 heavy (non-hydrogen) atoms. The number of halogens is 2. The van der Waals surface area contributed by atoms with Crippen molar-refractivity contribution in [3.8, 4) is 5.75 Å². The SMILES string of the molecule is Clc1ccc(OCCNC2CCCC2)c(Br)c1. The summed E-state index contributed by atoms with van der Waals surface area (Å²) in [6, 6.07) is 6.28. The maximum atomic E-state index is 5.87. The lowest BCUT2D eigenvalue weighted by molar-refractivity contribution is 0.303. The van der Waals surface area contributed by atoms with Gasteiger partial charge >= 0.3 is 0 Å². The lowest BCUT2D eigenvalue weighted by Crippen LogP contribution is -2.30. The van der Waals surface area contributed by atoms with Crippen molar-refractivity contribution in [1.82, 2.24) is 5.32 Å². The van der Waals surface area contributed by atoms with Crippen LogP contribution in [-0.4, -0.2) is 19.2 Å². The summed E-state index contributed by atoms with van der Waals surface area (Å²) < 4.78 is 6.59. The van der Waals surface area contributed by atoms with Crippen LogP contribution in [0.4, 0.5) is 0 Å². The van der Waals surface area contributed by atoms with Gasteiger partial charge < -0.3 is 10.1 Å². The number of hydrogen-bond donors (Lipinski definition) is 1. The molecule has 2 rings (SSSR count). The lowest BCUT2D eigenvalue weighted by atomic mass is 10.2. The maximum Gasteiger partial charge on any atom is 0.133 e. The number of hydrogen-bond acceptors (Lipinski definition) is 2.